The van der Waals surface area contributed by atoms with E-state index in [1.807, 2.05) is 12.1 Å². The van der Waals surface area contributed by atoms with Crippen molar-refractivity contribution in [3.05, 3.63) is 76.2 Å². The van der Waals surface area contributed by atoms with Crippen molar-refractivity contribution in [1.82, 2.24) is 15.3 Å². The molecule has 1 aromatic heterocycles. The van der Waals surface area contributed by atoms with Gasteiger partial charge in [0.15, 0.2) is 0 Å². The van der Waals surface area contributed by atoms with Crippen LogP contribution in [0.15, 0.2) is 54.9 Å². The summed E-state index contributed by atoms with van der Waals surface area (Å²) in [5, 5.41) is 7.23. The fraction of sp³-hybridized carbons (Fsp3) is 0.227. The van der Waals surface area contributed by atoms with Crippen LogP contribution in [0.1, 0.15) is 34.8 Å². The van der Waals surface area contributed by atoms with Gasteiger partial charge in [0.25, 0.3) is 5.91 Å². The molecule has 1 aliphatic rings. The van der Waals surface area contributed by atoms with Crippen LogP contribution in [0.3, 0.4) is 0 Å². The average molecular weight is 464 g/mol. The summed E-state index contributed by atoms with van der Waals surface area (Å²) in [5.74, 6) is 0.240. The SMILES string of the molecule is Cl.O=C(Nc1cccc(C2CCNCC2)c1)c1cc(-c2ccc(Cl)c(Cl)c2)ncn1. The number of aromatic nitrogens is 2. The second kappa shape index (κ2) is 10.2. The van der Waals surface area contributed by atoms with Crippen molar-refractivity contribution in [2.75, 3.05) is 18.4 Å². The van der Waals surface area contributed by atoms with Gasteiger partial charge in [0, 0.05) is 11.3 Å². The van der Waals surface area contributed by atoms with E-state index in [2.05, 4.69) is 32.7 Å². The molecule has 0 spiro atoms. The summed E-state index contributed by atoms with van der Waals surface area (Å²) in [7, 11) is 0. The Kier molecular flexibility index (Phi) is 7.67. The molecule has 4 rings (SSSR count). The number of amides is 1. The van der Waals surface area contributed by atoms with Gasteiger partial charge in [-0.05, 0) is 67.7 Å². The fourth-order valence-electron chi connectivity index (χ4n) is 3.52. The zero-order valence-corrected chi connectivity index (χ0v) is 18.4. The van der Waals surface area contributed by atoms with E-state index in [0.717, 1.165) is 37.2 Å². The van der Waals surface area contributed by atoms with E-state index in [-0.39, 0.29) is 24.0 Å². The van der Waals surface area contributed by atoms with E-state index < -0.39 is 0 Å². The molecule has 0 unspecified atom stereocenters. The molecule has 0 radical (unpaired) electrons. The first kappa shape index (κ1) is 22.5. The van der Waals surface area contributed by atoms with Gasteiger partial charge in [-0.2, -0.15) is 0 Å². The molecule has 1 amide bonds. The molecule has 2 N–H and O–H groups in total. The zero-order chi connectivity index (χ0) is 20.2. The molecule has 30 heavy (non-hydrogen) atoms. The van der Waals surface area contributed by atoms with Gasteiger partial charge in [-0.25, -0.2) is 9.97 Å². The molecule has 1 saturated heterocycles. The zero-order valence-electron chi connectivity index (χ0n) is 16.1. The molecule has 3 aromatic rings. The van der Waals surface area contributed by atoms with Crippen LogP contribution in [0.5, 0.6) is 0 Å². The topological polar surface area (TPSA) is 66.9 Å². The number of nitrogens with zero attached hydrogens (tertiary/aromatic N) is 2. The van der Waals surface area contributed by atoms with Crippen molar-refractivity contribution < 1.29 is 4.79 Å². The monoisotopic (exact) mass is 462 g/mol. The number of benzene rings is 2. The summed E-state index contributed by atoms with van der Waals surface area (Å²) in [4.78, 5) is 21.1. The van der Waals surface area contributed by atoms with Crippen LogP contribution in [0.2, 0.25) is 10.0 Å². The van der Waals surface area contributed by atoms with Gasteiger partial charge < -0.3 is 10.6 Å². The van der Waals surface area contributed by atoms with Crippen LogP contribution >= 0.6 is 35.6 Å². The van der Waals surface area contributed by atoms with Crippen molar-refractivity contribution in [3.63, 3.8) is 0 Å². The summed E-state index contributed by atoms with van der Waals surface area (Å²) < 4.78 is 0. The predicted octanol–water partition coefficient (Wildman–Crippen LogP) is 5.59. The van der Waals surface area contributed by atoms with E-state index in [9.17, 15) is 4.79 Å². The molecule has 156 valence electrons. The highest BCUT2D eigenvalue weighted by Gasteiger charge is 2.16. The number of carbonyl (C=O) groups excluding carboxylic acids is 1. The Balaban J connectivity index is 0.00000256. The lowest BCUT2D eigenvalue weighted by Crippen LogP contribution is -2.26. The molecule has 2 aromatic carbocycles. The van der Waals surface area contributed by atoms with Crippen molar-refractivity contribution in [2.24, 2.45) is 0 Å². The Morgan fingerprint density at radius 2 is 1.80 bits per heavy atom. The van der Waals surface area contributed by atoms with E-state index >= 15 is 0 Å². The fourth-order valence-corrected chi connectivity index (χ4v) is 3.81. The minimum atomic E-state index is -0.281. The summed E-state index contributed by atoms with van der Waals surface area (Å²) in [6.45, 7) is 2.05. The number of rotatable bonds is 4. The van der Waals surface area contributed by atoms with Crippen LogP contribution in [0.25, 0.3) is 11.3 Å². The molecule has 1 aliphatic heterocycles. The predicted molar refractivity (Wildman–Crippen MR) is 124 cm³/mol. The summed E-state index contributed by atoms with van der Waals surface area (Å²) in [6.07, 6.45) is 3.59. The van der Waals surface area contributed by atoms with Gasteiger partial charge in [0.2, 0.25) is 0 Å². The normalized spacial score (nSPS) is 14.1. The van der Waals surface area contributed by atoms with Crippen molar-refractivity contribution in [2.45, 2.75) is 18.8 Å². The highest BCUT2D eigenvalue weighted by Crippen LogP contribution is 2.29. The van der Waals surface area contributed by atoms with Crippen molar-refractivity contribution >= 4 is 47.2 Å². The lowest BCUT2D eigenvalue weighted by Gasteiger charge is -2.23. The Morgan fingerprint density at radius 3 is 2.57 bits per heavy atom. The van der Waals surface area contributed by atoms with Crippen molar-refractivity contribution in [3.8, 4) is 11.3 Å². The molecular formula is C22H21Cl3N4O. The molecule has 0 bridgehead atoms. The number of nitrogens with one attached hydrogen (secondary N) is 2. The van der Waals surface area contributed by atoms with Crippen molar-refractivity contribution in [1.29, 1.82) is 0 Å². The minimum Gasteiger partial charge on any atom is -0.321 e. The third-order valence-electron chi connectivity index (χ3n) is 5.07. The maximum atomic E-state index is 12.7. The van der Waals surface area contributed by atoms with Crippen LogP contribution < -0.4 is 10.6 Å². The smallest absolute Gasteiger partial charge is 0.274 e. The number of hydrogen-bond donors (Lipinski definition) is 2. The highest BCUT2D eigenvalue weighted by atomic mass is 35.5. The van der Waals surface area contributed by atoms with Gasteiger partial charge in [0.1, 0.15) is 12.0 Å². The first-order chi connectivity index (χ1) is 14.1. The number of halogens is 3. The lowest BCUT2D eigenvalue weighted by atomic mass is 9.90. The second-order valence-corrected chi connectivity index (χ2v) is 7.84. The number of piperidine rings is 1. The summed E-state index contributed by atoms with van der Waals surface area (Å²) >= 11 is 12.1. The molecule has 5 nitrogen and oxygen atoms in total. The maximum Gasteiger partial charge on any atom is 0.274 e. The number of hydrogen-bond acceptors (Lipinski definition) is 4. The Labute approximate surface area is 191 Å². The molecule has 0 atom stereocenters. The molecule has 2 heterocycles. The van der Waals surface area contributed by atoms with E-state index in [1.165, 1.54) is 11.9 Å². The molecule has 0 aliphatic carbocycles. The summed E-state index contributed by atoms with van der Waals surface area (Å²) in [6, 6.07) is 14.9. The van der Waals surface area contributed by atoms with Crippen LogP contribution in [-0.2, 0) is 0 Å². The first-order valence-corrected chi connectivity index (χ1v) is 10.3. The number of carbonyl (C=O) groups is 1. The molecule has 0 saturated carbocycles. The Morgan fingerprint density at radius 1 is 1.00 bits per heavy atom. The van der Waals surface area contributed by atoms with Crippen LogP contribution in [0.4, 0.5) is 5.69 Å². The largest absolute Gasteiger partial charge is 0.321 e. The van der Waals surface area contributed by atoms with E-state index in [4.69, 9.17) is 23.2 Å². The van der Waals surface area contributed by atoms with Gasteiger partial charge in [-0.15, -0.1) is 12.4 Å². The molecular weight excluding hydrogens is 443 g/mol. The second-order valence-electron chi connectivity index (χ2n) is 7.02. The van der Waals surface area contributed by atoms with Crippen LogP contribution in [-0.4, -0.2) is 29.0 Å². The Hall–Kier alpha value is -2.18. The van der Waals surface area contributed by atoms with Crippen LogP contribution in [0, 0.1) is 0 Å². The first-order valence-electron chi connectivity index (χ1n) is 9.49. The number of anilines is 1. The van der Waals surface area contributed by atoms with Gasteiger partial charge in [0.05, 0.1) is 15.7 Å². The van der Waals surface area contributed by atoms with E-state index in [0.29, 0.717) is 21.7 Å². The van der Waals surface area contributed by atoms with Gasteiger partial charge in [-0.1, -0.05) is 41.4 Å². The Bertz CT molecular complexity index is 1040. The maximum absolute atomic E-state index is 12.7. The summed E-state index contributed by atoms with van der Waals surface area (Å²) in [5.41, 5.74) is 3.67. The van der Waals surface area contributed by atoms with Gasteiger partial charge >= 0.3 is 0 Å². The quantitative estimate of drug-likeness (QED) is 0.529. The standard InChI is InChI=1S/C22H20Cl2N4O.ClH/c23-18-5-4-16(11-19(18)24)20-12-21(27-13-26-20)22(29)28-17-3-1-2-15(10-17)14-6-8-25-9-7-14;/h1-5,10-14,25H,6-9H2,(H,28,29);1H. The lowest BCUT2D eigenvalue weighted by molar-refractivity contribution is 0.102. The van der Waals surface area contributed by atoms with E-state index in [1.54, 1.807) is 24.3 Å². The van der Waals surface area contributed by atoms with Gasteiger partial charge in [-0.3, -0.25) is 4.79 Å². The molecule has 8 heteroatoms. The minimum absolute atomic E-state index is 0. The third-order valence-corrected chi connectivity index (χ3v) is 5.81. The average Bonchev–Trinajstić information content (AvgIpc) is 2.76. The molecule has 1 fully saturated rings. The highest BCUT2D eigenvalue weighted by molar-refractivity contribution is 6.42. The third kappa shape index (κ3) is 5.29.